The molecule has 1 saturated carbocycles. The summed E-state index contributed by atoms with van der Waals surface area (Å²) in [7, 11) is -3.63. The van der Waals surface area contributed by atoms with Crippen LogP contribution >= 0.6 is 11.3 Å². The first-order valence-corrected chi connectivity index (χ1v) is 10.5. The number of benzene rings is 2. The van der Waals surface area contributed by atoms with Crippen LogP contribution in [0, 0.1) is 6.92 Å². The number of thiazole rings is 1. The second-order valence-electron chi connectivity index (χ2n) is 6.50. The Morgan fingerprint density at radius 1 is 1.12 bits per heavy atom. The van der Waals surface area contributed by atoms with Crippen LogP contribution in [0.3, 0.4) is 0 Å². The summed E-state index contributed by atoms with van der Waals surface area (Å²) in [6.45, 7) is 2.08. The lowest BCUT2D eigenvalue weighted by Gasteiger charge is -2.02. The normalized spacial score (nSPS) is 19.8. The maximum atomic E-state index is 11.3. The van der Waals surface area contributed by atoms with Crippen LogP contribution in [-0.2, 0) is 10.0 Å². The molecule has 6 heteroatoms. The molecule has 1 aromatic heterocycles. The van der Waals surface area contributed by atoms with Crippen LogP contribution in [0.25, 0.3) is 11.3 Å². The molecule has 0 saturated heterocycles. The molecule has 4 nitrogen and oxygen atoms in total. The number of primary sulfonamides is 1. The molecule has 3 aromatic rings. The highest BCUT2D eigenvalue weighted by Gasteiger charge is 2.41. The zero-order chi connectivity index (χ0) is 17.6. The summed E-state index contributed by atoms with van der Waals surface area (Å²) in [6, 6.07) is 15.3. The number of rotatable bonds is 4. The molecule has 0 spiro atoms. The van der Waals surface area contributed by atoms with Crippen molar-refractivity contribution in [3.8, 4) is 11.3 Å². The van der Waals surface area contributed by atoms with Crippen molar-refractivity contribution in [2.24, 2.45) is 5.14 Å². The van der Waals surface area contributed by atoms with E-state index in [1.807, 2.05) is 12.1 Å². The van der Waals surface area contributed by atoms with Crippen molar-refractivity contribution in [2.45, 2.75) is 30.1 Å². The molecule has 0 unspecified atom stereocenters. The maximum Gasteiger partial charge on any atom is 0.238 e. The van der Waals surface area contributed by atoms with Gasteiger partial charge in [0.15, 0.2) is 0 Å². The minimum atomic E-state index is -3.63. The quantitative estimate of drug-likeness (QED) is 0.753. The lowest BCUT2D eigenvalue weighted by molar-refractivity contribution is 0.598. The molecule has 0 aliphatic heterocycles. The summed E-state index contributed by atoms with van der Waals surface area (Å²) in [5.41, 5.74) is 4.55. The number of nitrogens with two attached hydrogens (primary N) is 1. The number of aryl methyl sites for hydroxylation is 1. The van der Waals surface area contributed by atoms with Gasteiger partial charge in [0.2, 0.25) is 10.0 Å². The fourth-order valence-corrected chi connectivity index (χ4v) is 4.66. The van der Waals surface area contributed by atoms with E-state index in [0.717, 1.165) is 28.2 Å². The van der Waals surface area contributed by atoms with Crippen LogP contribution in [0.1, 0.15) is 34.4 Å². The molecule has 0 radical (unpaired) electrons. The van der Waals surface area contributed by atoms with Gasteiger partial charge in [0.05, 0.1) is 15.6 Å². The molecule has 2 aromatic carbocycles. The van der Waals surface area contributed by atoms with Gasteiger partial charge in [-0.15, -0.1) is 11.3 Å². The van der Waals surface area contributed by atoms with Gasteiger partial charge in [0, 0.05) is 16.9 Å². The van der Waals surface area contributed by atoms with E-state index in [1.54, 1.807) is 23.5 Å². The van der Waals surface area contributed by atoms with Gasteiger partial charge < -0.3 is 0 Å². The van der Waals surface area contributed by atoms with Crippen molar-refractivity contribution in [1.29, 1.82) is 0 Å². The lowest BCUT2D eigenvalue weighted by atomic mass is 10.1. The minimum Gasteiger partial charge on any atom is -0.241 e. The highest BCUT2D eigenvalue weighted by Crippen LogP contribution is 2.55. The van der Waals surface area contributed by atoms with Crippen LogP contribution in [0.5, 0.6) is 0 Å². The van der Waals surface area contributed by atoms with E-state index in [2.05, 4.69) is 36.6 Å². The number of hydrogen-bond acceptors (Lipinski definition) is 4. The second-order valence-corrected chi connectivity index (χ2v) is 8.95. The van der Waals surface area contributed by atoms with Gasteiger partial charge in [0.25, 0.3) is 0 Å². The second kappa shape index (κ2) is 6.05. The lowest BCUT2D eigenvalue weighted by Crippen LogP contribution is -2.11. The summed E-state index contributed by atoms with van der Waals surface area (Å²) >= 11 is 1.70. The van der Waals surface area contributed by atoms with Crippen molar-refractivity contribution in [2.75, 3.05) is 0 Å². The number of nitrogens with zero attached hydrogens (tertiary/aromatic N) is 1. The molecule has 2 N–H and O–H groups in total. The Bertz CT molecular complexity index is 1020. The summed E-state index contributed by atoms with van der Waals surface area (Å²) in [4.78, 5) is 4.98. The summed E-state index contributed by atoms with van der Waals surface area (Å²) in [5, 5.41) is 8.41. The van der Waals surface area contributed by atoms with Crippen LogP contribution in [0.2, 0.25) is 0 Å². The fourth-order valence-electron chi connectivity index (χ4n) is 3.14. The zero-order valence-electron chi connectivity index (χ0n) is 13.7. The van der Waals surface area contributed by atoms with E-state index in [-0.39, 0.29) is 4.90 Å². The van der Waals surface area contributed by atoms with Gasteiger partial charge in [-0.25, -0.2) is 18.5 Å². The van der Waals surface area contributed by atoms with E-state index < -0.39 is 10.0 Å². The van der Waals surface area contributed by atoms with E-state index in [9.17, 15) is 8.42 Å². The third kappa shape index (κ3) is 3.38. The largest absolute Gasteiger partial charge is 0.241 e. The fraction of sp³-hybridized carbons (Fsp3) is 0.211. The van der Waals surface area contributed by atoms with E-state index >= 15 is 0 Å². The molecule has 25 heavy (non-hydrogen) atoms. The highest BCUT2D eigenvalue weighted by molar-refractivity contribution is 7.89. The van der Waals surface area contributed by atoms with Crippen LogP contribution in [0.15, 0.2) is 58.8 Å². The Morgan fingerprint density at radius 3 is 2.56 bits per heavy atom. The topological polar surface area (TPSA) is 73.1 Å². The first-order valence-electron chi connectivity index (χ1n) is 8.07. The summed E-state index contributed by atoms with van der Waals surface area (Å²) < 4.78 is 22.7. The van der Waals surface area contributed by atoms with Gasteiger partial charge in [-0.2, -0.15) is 0 Å². The first-order chi connectivity index (χ1) is 11.9. The SMILES string of the molecule is Cc1cccc(-c2csc([C@@H]3C[C@H]3c3ccc(S(N)(=O)=O)cc3)n2)c1. The van der Waals surface area contributed by atoms with E-state index in [1.165, 1.54) is 5.56 Å². The molecule has 2 atom stereocenters. The number of sulfonamides is 1. The Kier molecular flexibility index (Phi) is 3.98. The van der Waals surface area contributed by atoms with E-state index in [0.29, 0.717) is 11.8 Å². The Hall–Kier alpha value is -2.02. The first kappa shape index (κ1) is 16.4. The number of aromatic nitrogens is 1. The Balaban J connectivity index is 1.52. The summed E-state index contributed by atoms with van der Waals surface area (Å²) in [6.07, 6.45) is 1.05. The van der Waals surface area contributed by atoms with Gasteiger partial charge in [-0.1, -0.05) is 35.9 Å². The minimum absolute atomic E-state index is 0.157. The van der Waals surface area contributed by atoms with Crippen molar-refractivity contribution < 1.29 is 8.42 Å². The molecule has 0 bridgehead atoms. The predicted molar refractivity (Wildman–Crippen MR) is 100 cm³/mol. The molecular weight excluding hydrogens is 352 g/mol. The van der Waals surface area contributed by atoms with Gasteiger partial charge in [0.1, 0.15) is 0 Å². The van der Waals surface area contributed by atoms with Crippen molar-refractivity contribution in [3.63, 3.8) is 0 Å². The van der Waals surface area contributed by atoms with Gasteiger partial charge >= 0.3 is 0 Å². The molecule has 128 valence electrons. The standard InChI is InChI=1S/C19H18N2O2S2/c1-12-3-2-4-14(9-12)18-11-24-19(21-18)17-10-16(17)13-5-7-15(8-6-13)25(20,22)23/h2-9,11,16-17H,10H2,1H3,(H2,20,22,23)/t16-,17+/m0/s1. The molecule has 1 fully saturated rings. The smallest absolute Gasteiger partial charge is 0.238 e. The third-order valence-corrected chi connectivity index (χ3v) is 6.49. The average Bonchev–Trinajstić information content (AvgIpc) is 3.22. The summed E-state index contributed by atoms with van der Waals surface area (Å²) in [5.74, 6) is 0.829. The molecule has 1 aliphatic rings. The molecule has 0 amide bonds. The monoisotopic (exact) mass is 370 g/mol. The van der Waals surface area contributed by atoms with Gasteiger partial charge in [-0.3, -0.25) is 0 Å². The molecule has 4 rings (SSSR count). The molecular formula is C19H18N2O2S2. The Labute approximate surface area is 151 Å². The average molecular weight is 370 g/mol. The maximum absolute atomic E-state index is 11.3. The zero-order valence-corrected chi connectivity index (χ0v) is 15.3. The van der Waals surface area contributed by atoms with E-state index in [4.69, 9.17) is 10.1 Å². The Morgan fingerprint density at radius 2 is 1.88 bits per heavy atom. The molecule has 1 aliphatic carbocycles. The van der Waals surface area contributed by atoms with Crippen LogP contribution in [-0.4, -0.2) is 13.4 Å². The predicted octanol–water partition coefficient (Wildman–Crippen LogP) is 4.04. The van der Waals surface area contributed by atoms with Crippen molar-refractivity contribution in [1.82, 2.24) is 4.98 Å². The number of hydrogen-bond donors (Lipinski definition) is 1. The highest BCUT2D eigenvalue weighted by atomic mass is 32.2. The van der Waals surface area contributed by atoms with Gasteiger partial charge in [-0.05, 0) is 43.0 Å². The van der Waals surface area contributed by atoms with Crippen LogP contribution < -0.4 is 5.14 Å². The van der Waals surface area contributed by atoms with Crippen LogP contribution in [0.4, 0.5) is 0 Å². The van der Waals surface area contributed by atoms with Crippen molar-refractivity contribution >= 4 is 21.4 Å². The van der Waals surface area contributed by atoms with Crippen molar-refractivity contribution in [3.05, 3.63) is 70.0 Å². The molecule has 1 heterocycles. The third-order valence-electron chi connectivity index (χ3n) is 4.58.